The number of pyridine rings is 1. The van der Waals surface area contributed by atoms with Gasteiger partial charge in [0, 0.05) is 26.9 Å². The molecule has 0 aliphatic rings. The molecule has 0 bridgehead atoms. The molecule has 0 radical (unpaired) electrons. The number of fused-ring (bicyclic) bond motifs is 1. The Labute approximate surface area is 123 Å². The lowest BCUT2D eigenvalue weighted by atomic mass is 10.2. The smallest absolute Gasteiger partial charge is 0.251 e. The van der Waals surface area contributed by atoms with E-state index in [9.17, 15) is 4.79 Å². The van der Waals surface area contributed by atoms with Crippen LogP contribution in [0.5, 0.6) is 0 Å². The first kappa shape index (κ1) is 12.8. The molecule has 20 heavy (non-hydrogen) atoms. The SMILES string of the molecule is C=Cc1cc(-c2cc3c(N)ncc(C(N)=O)c3s2)cs1. The van der Waals surface area contributed by atoms with Crippen LogP contribution in [0.15, 0.2) is 30.3 Å². The van der Waals surface area contributed by atoms with Gasteiger partial charge in [0.05, 0.1) is 10.3 Å². The van der Waals surface area contributed by atoms with E-state index in [0.717, 1.165) is 25.4 Å². The number of anilines is 1. The number of nitrogen functional groups attached to an aromatic ring is 1. The molecule has 0 aliphatic carbocycles. The number of amides is 1. The largest absolute Gasteiger partial charge is 0.383 e. The molecular weight excluding hydrogens is 290 g/mol. The number of nitrogens with two attached hydrogens (primary N) is 2. The number of hydrogen-bond acceptors (Lipinski definition) is 5. The second-order valence-corrected chi connectivity index (χ2v) is 6.21. The van der Waals surface area contributed by atoms with E-state index < -0.39 is 5.91 Å². The minimum atomic E-state index is -0.493. The van der Waals surface area contributed by atoms with Gasteiger partial charge in [0.1, 0.15) is 5.82 Å². The van der Waals surface area contributed by atoms with E-state index in [0.29, 0.717) is 11.4 Å². The highest BCUT2D eigenvalue weighted by Gasteiger charge is 2.15. The maximum Gasteiger partial charge on any atom is 0.251 e. The Morgan fingerprint density at radius 2 is 2.20 bits per heavy atom. The van der Waals surface area contributed by atoms with Crippen LogP contribution in [0.25, 0.3) is 26.6 Å². The summed E-state index contributed by atoms with van der Waals surface area (Å²) in [6, 6.07) is 4.00. The molecule has 4 nitrogen and oxygen atoms in total. The third-order valence-electron chi connectivity index (χ3n) is 2.96. The average molecular weight is 301 g/mol. The molecule has 3 heterocycles. The summed E-state index contributed by atoms with van der Waals surface area (Å²) in [6.45, 7) is 3.75. The van der Waals surface area contributed by atoms with Crippen molar-refractivity contribution in [3.05, 3.63) is 40.7 Å². The molecule has 3 aromatic rings. The Bertz CT molecular complexity index is 832. The van der Waals surface area contributed by atoms with Crippen molar-refractivity contribution in [3.63, 3.8) is 0 Å². The molecule has 100 valence electrons. The number of carbonyl (C=O) groups is 1. The van der Waals surface area contributed by atoms with Crippen molar-refractivity contribution in [1.29, 1.82) is 0 Å². The van der Waals surface area contributed by atoms with Crippen molar-refractivity contribution in [1.82, 2.24) is 4.98 Å². The fourth-order valence-corrected chi connectivity index (χ4v) is 3.94. The van der Waals surface area contributed by atoms with E-state index in [2.05, 4.69) is 23.0 Å². The normalized spacial score (nSPS) is 10.8. The van der Waals surface area contributed by atoms with Crippen LogP contribution in [0, 0.1) is 0 Å². The molecule has 0 saturated heterocycles. The molecule has 0 spiro atoms. The van der Waals surface area contributed by atoms with Crippen molar-refractivity contribution in [2.45, 2.75) is 0 Å². The molecule has 0 unspecified atom stereocenters. The summed E-state index contributed by atoms with van der Waals surface area (Å²) in [4.78, 5) is 17.6. The molecule has 3 rings (SSSR count). The van der Waals surface area contributed by atoms with Gasteiger partial charge in [-0.25, -0.2) is 4.98 Å². The number of thiophene rings is 2. The van der Waals surface area contributed by atoms with Gasteiger partial charge in [-0.05, 0) is 17.5 Å². The maximum atomic E-state index is 11.5. The Kier molecular flexibility index (Phi) is 3.04. The fourth-order valence-electron chi connectivity index (χ4n) is 1.95. The van der Waals surface area contributed by atoms with Crippen molar-refractivity contribution in [2.75, 3.05) is 5.73 Å². The highest BCUT2D eigenvalue weighted by Crippen LogP contribution is 2.38. The van der Waals surface area contributed by atoms with Gasteiger partial charge in [-0.2, -0.15) is 0 Å². The molecule has 1 amide bonds. The van der Waals surface area contributed by atoms with Gasteiger partial charge >= 0.3 is 0 Å². The van der Waals surface area contributed by atoms with E-state index in [-0.39, 0.29) is 0 Å². The van der Waals surface area contributed by atoms with E-state index in [1.807, 2.05) is 12.1 Å². The Morgan fingerprint density at radius 1 is 1.40 bits per heavy atom. The highest BCUT2D eigenvalue weighted by atomic mass is 32.1. The van der Waals surface area contributed by atoms with Gasteiger partial charge in [0.25, 0.3) is 5.91 Å². The minimum Gasteiger partial charge on any atom is -0.383 e. The standard InChI is InChI=1S/C14H11N3OS2/c1-2-8-3-7(6-19-8)11-4-9-12(20-11)10(14(16)18)5-17-13(9)15/h2-6H,1H2,(H2,15,17)(H2,16,18). The van der Waals surface area contributed by atoms with Gasteiger partial charge < -0.3 is 11.5 Å². The second-order valence-electron chi connectivity index (χ2n) is 4.22. The highest BCUT2D eigenvalue weighted by molar-refractivity contribution is 7.23. The minimum absolute atomic E-state index is 0.407. The molecule has 0 saturated carbocycles. The van der Waals surface area contributed by atoms with Crippen LogP contribution in [-0.2, 0) is 0 Å². The predicted molar refractivity (Wildman–Crippen MR) is 86.0 cm³/mol. The van der Waals surface area contributed by atoms with Crippen LogP contribution < -0.4 is 11.5 Å². The zero-order valence-corrected chi connectivity index (χ0v) is 12.1. The van der Waals surface area contributed by atoms with Crippen LogP contribution in [0.4, 0.5) is 5.82 Å². The van der Waals surface area contributed by atoms with Crippen LogP contribution in [0.2, 0.25) is 0 Å². The second kappa shape index (κ2) is 4.73. The topological polar surface area (TPSA) is 82.0 Å². The van der Waals surface area contributed by atoms with Gasteiger partial charge in [-0.3, -0.25) is 4.79 Å². The number of primary amides is 1. The summed E-state index contributed by atoms with van der Waals surface area (Å²) in [5.41, 5.74) is 12.7. The van der Waals surface area contributed by atoms with E-state index in [1.54, 1.807) is 11.3 Å². The van der Waals surface area contributed by atoms with E-state index in [4.69, 9.17) is 11.5 Å². The average Bonchev–Trinajstić information content (AvgIpc) is 3.05. The molecule has 0 atom stereocenters. The van der Waals surface area contributed by atoms with Crippen LogP contribution in [-0.4, -0.2) is 10.9 Å². The monoisotopic (exact) mass is 301 g/mol. The molecule has 4 N–H and O–H groups in total. The van der Waals surface area contributed by atoms with Crippen molar-refractivity contribution in [2.24, 2.45) is 5.73 Å². The summed E-state index contributed by atoms with van der Waals surface area (Å²) >= 11 is 3.11. The number of carbonyl (C=O) groups excluding carboxylic acids is 1. The van der Waals surface area contributed by atoms with Crippen molar-refractivity contribution in [3.8, 4) is 10.4 Å². The van der Waals surface area contributed by atoms with Crippen molar-refractivity contribution < 1.29 is 4.79 Å². The lowest BCUT2D eigenvalue weighted by Gasteiger charge is -1.99. The summed E-state index contributed by atoms with van der Waals surface area (Å²) in [5, 5.41) is 2.82. The van der Waals surface area contributed by atoms with Gasteiger partial charge in [-0.1, -0.05) is 12.7 Å². The van der Waals surface area contributed by atoms with Gasteiger partial charge in [-0.15, -0.1) is 22.7 Å². The summed E-state index contributed by atoms with van der Waals surface area (Å²) in [7, 11) is 0. The number of rotatable bonds is 3. The van der Waals surface area contributed by atoms with E-state index >= 15 is 0 Å². The third kappa shape index (κ3) is 1.99. The molecule has 6 heteroatoms. The lowest BCUT2D eigenvalue weighted by Crippen LogP contribution is -2.11. The summed E-state index contributed by atoms with van der Waals surface area (Å²) in [6.07, 6.45) is 3.25. The molecule has 0 aliphatic heterocycles. The zero-order chi connectivity index (χ0) is 14.3. The van der Waals surface area contributed by atoms with Gasteiger partial charge in [0.15, 0.2) is 0 Å². The Balaban J connectivity index is 2.24. The summed E-state index contributed by atoms with van der Waals surface area (Å²) in [5.74, 6) is -0.0836. The molecule has 0 fully saturated rings. The molecule has 0 aromatic carbocycles. The van der Waals surface area contributed by atoms with E-state index in [1.165, 1.54) is 17.5 Å². The Hall–Kier alpha value is -2.18. The van der Waals surface area contributed by atoms with Crippen molar-refractivity contribution >= 4 is 50.6 Å². The number of nitrogens with zero attached hydrogens (tertiary/aromatic N) is 1. The van der Waals surface area contributed by atoms with Crippen LogP contribution in [0.1, 0.15) is 15.2 Å². The maximum absolute atomic E-state index is 11.5. The first-order valence-corrected chi connectivity index (χ1v) is 7.49. The van der Waals surface area contributed by atoms with Crippen LogP contribution >= 0.6 is 22.7 Å². The van der Waals surface area contributed by atoms with Gasteiger partial charge in [0.2, 0.25) is 0 Å². The quantitative estimate of drug-likeness (QED) is 0.778. The van der Waals surface area contributed by atoms with Crippen LogP contribution in [0.3, 0.4) is 0 Å². The zero-order valence-electron chi connectivity index (χ0n) is 10.4. The molecular formula is C14H11N3OS2. The lowest BCUT2D eigenvalue weighted by molar-refractivity contribution is 0.100. The molecule has 3 aromatic heterocycles. The summed E-state index contributed by atoms with van der Waals surface area (Å²) < 4.78 is 0.784. The first-order valence-electron chi connectivity index (χ1n) is 5.79. The first-order chi connectivity index (χ1) is 9.60. The third-order valence-corrected chi connectivity index (χ3v) is 5.10. The predicted octanol–water partition coefficient (Wildman–Crippen LogP) is 3.35. The fraction of sp³-hybridized carbons (Fsp3) is 0. The Morgan fingerprint density at radius 3 is 2.85 bits per heavy atom. The number of hydrogen-bond donors (Lipinski definition) is 2. The number of aromatic nitrogens is 1.